The number of H-pyrrole nitrogens is 1. The van der Waals surface area contributed by atoms with Crippen LogP contribution in [0.5, 0.6) is 0 Å². The summed E-state index contributed by atoms with van der Waals surface area (Å²) >= 11 is 0. The molecule has 11 heteroatoms. The summed E-state index contributed by atoms with van der Waals surface area (Å²) in [5.74, 6) is -0.823. The highest BCUT2D eigenvalue weighted by Gasteiger charge is 2.23. The smallest absolute Gasteiger partial charge is 0.252 e. The Morgan fingerprint density at radius 2 is 1.74 bits per heavy atom. The Kier molecular flexibility index (Phi) is 8.13. The molecule has 0 saturated heterocycles. The highest BCUT2D eigenvalue weighted by atomic mass is 32.2. The van der Waals surface area contributed by atoms with Gasteiger partial charge in [-0.15, -0.1) is 0 Å². The molecule has 0 atom stereocenters. The molecule has 0 fully saturated rings. The Morgan fingerprint density at radius 1 is 1.03 bits per heavy atom. The van der Waals surface area contributed by atoms with Gasteiger partial charge >= 0.3 is 0 Å². The van der Waals surface area contributed by atoms with Crippen LogP contribution in [0.2, 0.25) is 0 Å². The van der Waals surface area contributed by atoms with Crippen LogP contribution in [-0.4, -0.2) is 54.1 Å². The molecule has 34 heavy (non-hydrogen) atoms. The fraction of sp³-hybridized carbons (Fsp3) is 0.304. The zero-order valence-electron chi connectivity index (χ0n) is 19.0. The quantitative estimate of drug-likeness (QED) is 0.396. The molecule has 180 valence electrons. The van der Waals surface area contributed by atoms with E-state index in [2.05, 4.69) is 20.6 Å². The first-order valence-electron chi connectivity index (χ1n) is 10.9. The fourth-order valence-corrected chi connectivity index (χ4v) is 4.95. The van der Waals surface area contributed by atoms with Crippen LogP contribution in [0.4, 0.5) is 0 Å². The van der Waals surface area contributed by atoms with Crippen molar-refractivity contribution < 1.29 is 18.0 Å². The molecule has 2 aromatic heterocycles. The van der Waals surface area contributed by atoms with E-state index in [-0.39, 0.29) is 29.3 Å². The maximum atomic E-state index is 12.9. The van der Waals surface area contributed by atoms with E-state index in [1.54, 1.807) is 38.4 Å². The Balaban J connectivity index is 1.74. The van der Waals surface area contributed by atoms with E-state index in [1.165, 1.54) is 22.5 Å². The molecule has 0 aliphatic carbocycles. The van der Waals surface area contributed by atoms with Crippen LogP contribution in [0, 0.1) is 0 Å². The van der Waals surface area contributed by atoms with Crippen LogP contribution in [-0.2, 0) is 21.4 Å². The predicted molar refractivity (Wildman–Crippen MR) is 128 cm³/mol. The summed E-state index contributed by atoms with van der Waals surface area (Å²) in [6.07, 6.45) is 3.30. The Morgan fingerprint density at radius 3 is 2.41 bits per heavy atom. The average molecular weight is 486 g/mol. The molecule has 3 rings (SSSR count). The van der Waals surface area contributed by atoms with Gasteiger partial charge in [-0.3, -0.25) is 19.4 Å². The normalized spacial score (nSPS) is 11.5. The van der Waals surface area contributed by atoms with Gasteiger partial charge in [0.2, 0.25) is 21.5 Å². The summed E-state index contributed by atoms with van der Waals surface area (Å²) in [6.45, 7) is 4.49. The average Bonchev–Trinajstić information content (AvgIpc) is 2.83. The predicted octanol–water partition coefficient (Wildman–Crippen LogP) is 1.39. The molecule has 1 aromatic carbocycles. The molecule has 3 N–H and O–H groups in total. The van der Waals surface area contributed by atoms with Crippen LogP contribution in [0.1, 0.15) is 36.2 Å². The molecule has 10 nitrogen and oxygen atoms in total. The Labute approximate surface area is 197 Å². The van der Waals surface area contributed by atoms with Gasteiger partial charge in [0, 0.05) is 62.0 Å². The SMILES string of the molecule is CCN(CC)S(=O)(=O)c1ccc2[nH]c(=O)cc(C(=O)NCCC(=O)NCc3ccncc3)c2c1. The van der Waals surface area contributed by atoms with Crippen molar-refractivity contribution in [2.24, 2.45) is 0 Å². The molecule has 0 aliphatic heterocycles. The molecule has 0 bridgehead atoms. The van der Waals surface area contributed by atoms with Crippen molar-refractivity contribution in [1.82, 2.24) is 24.9 Å². The molecule has 2 amide bonds. The fourth-order valence-electron chi connectivity index (χ4n) is 3.47. The van der Waals surface area contributed by atoms with Gasteiger partial charge in [0.25, 0.3) is 5.91 Å². The number of aromatic amines is 1. The highest BCUT2D eigenvalue weighted by Crippen LogP contribution is 2.22. The van der Waals surface area contributed by atoms with Crippen molar-refractivity contribution in [2.45, 2.75) is 31.7 Å². The lowest BCUT2D eigenvalue weighted by Gasteiger charge is -2.19. The first-order chi connectivity index (χ1) is 16.3. The zero-order chi connectivity index (χ0) is 24.7. The van der Waals surface area contributed by atoms with Gasteiger partial charge in [-0.05, 0) is 35.9 Å². The lowest BCUT2D eigenvalue weighted by molar-refractivity contribution is -0.121. The molecule has 0 unspecified atom stereocenters. The number of pyridine rings is 2. The number of sulfonamides is 1. The number of nitrogens with zero attached hydrogens (tertiary/aromatic N) is 2. The summed E-state index contributed by atoms with van der Waals surface area (Å²) in [6, 6.07) is 8.95. The second-order valence-corrected chi connectivity index (χ2v) is 9.42. The Hall–Kier alpha value is -3.57. The molecule has 0 saturated carbocycles. The Bertz CT molecular complexity index is 1330. The van der Waals surface area contributed by atoms with Crippen LogP contribution < -0.4 is 16.2 Å². The zero-order valence-corrected chi connectivity index (χ0v) is 19.8. The number of nitrogens with one attached hydrogen (secondary N) is 3. The van der Waals surface area contributed by atoms with E-state index < -0.39 is 21.5 Å². The van der Waals surface area contributed by atoms with E-state index in [1.807, 2.05) is 0 Å². The third kappa shape index (κ3) is 5.86. The number of hydrogen-bond acceptors (Lipinski definition) is 6. The number of carbonyl (C=O) groups excluding carboxylic acids is 2. The summed E-state index contributed by atoms with van der Waals surface area (Å²) in [4.78, 5) is 43.5. The van der Waals surface area contributed by atoms with Crippen LogP contribution in [0.15, 0.2) is 58.5 Å². The van der Waals surface area contributed by atoms with E-state index >= 15 is 0 Å². The van der Waals surface area contributed by atoms with Gasteiger partial charge in [-0.25, -0.2) is 8.42 Å². The standard InChI is InChI=1S/C23H27N5O5S/c1-3-28(4-2)34(32,33)17-5-6-20-18(13-17)19(14-22(30)27-20)23(31)25-12-9-21(29)26-15-16-7-10-24-11-8-16/h5-8,10-11,13-14H,3-4,9,12,15H2,1-2H3,(H,25,31)(H,26,29)(H,27,30). The maximum Gasteiger partial charge on any atom is 0.252 e. The summed E-state index contributed by atoms with van der Waals surface area (Å²) in [7, 11) is -3.75. The minimum absolute atomic E-state index is 0.0280. The lowest BCUT2D eigenvalue weighted by Crippen LogP contribution is -2.31. The van der Waals surface area contributed by atoms with Gasteiger partial charge < -0.3 is 15.6 Å². The van der Waals surface area contributed by atoms with Crippen LogP contribution in [0.3, 0.4) is 0 Å². The number of fused-ring (bicyclic) bond motifs is 1. The summed E-state index contributed by atoms with van der Waals surface area (Å²) < 4.78 is 27.1. The van der Waals surface area contributed by atoms with Crippen molar-refractivity contribution in [2.75, 3.05) is 19.6 Å². The number of rotatable bonds is 10. The third-order valence-corrected chi connectivity index (χ3v) is 7.32. The van der Waals surface area contributed by atoms with Gasteiger partial charge in [-0.2, -0.15) is 4.31 Å². The molecule has 0 aliphatic rings. The second kappa shape index (κ2) is 11.0. The number of amides is 2. The number of hydrogen-bond donors (Lipinski definition) is 3. The largest absolute Gasteiger partial charge is 0.352 e. The van der Waals surface area contributed by atoms with Crippen molar-refractivity contribution in [3.05, 3.63) is 70.3 Å². The first-order valence-corrected chi connectivity index (χ1v) is 12.3. The maximum absolute atomic E-state index is 12.9. The van der Waals surface area contributed by atoms with Gasteiger partial charge in [0.05, 0.1) is 10.5 Å². The van der Waals surface area contributed by atoms with Crippen molar-refractivity contribution in [1.29, 1.82) is 0 Å². The van der Waals surface area contributed by atoms with Crippen molar-refractivity contribution >= 4 is 32.7 Å². The van der Waals surface area contributed by atoms with E-state index in [0.717, 1.165) is 11.6 Å². The lowest BCUT2D eigenvalue weighted by atomic mass is 10.1. The van der Waals surface area contributed by atoms with E-state index in [0.29, 0.717) is 30.5 Å². The first kappa shape index (κ1) is 25.1. The van der Waals surface area contributed by atoms with Gasteiger partial charge in [0.15, 0.2) is 0 Å². The van der Waals surface area contributed by atoms with Gasteiger partial charge in [-0.1, -0.05) is 13.8 Å². The van der Waals surface area contributed by atoms with E-state index in [4.69, 9.17) is 0 Å². The van der Waals surface area contributed by atoms with Crippen LogP contribution >= 0.6 is 0 Å². The third-order valence-electron chi connectivity index (χ3n) is 5.28. The minimum atomic E-state index is -3.75. The molecular weight excluding hydrogens is 458 g/mol. The van der Waals surface area contributed by atoms with Gasteiger partial charge in [0.1, 0.15) is 0 Å². The van der Waals surface area contributed by atoms with Crippen LogP contribution in [0.25, 0.3) is 10.9 Å². The molecule has 3 aromatic rings. The summed E-state index contributed by atoms with van der Waals surface area (Å²) in [5.41, 5.74) is 0.781. The molecule has 0 radical (unpaired) electrons. The number of aromatic nitrogens is 2. The number of carbonyl (C=O) groups is 2. The number of benzene rings is 1. The molecular formula is C23H27N5O5S. The molecule has 2 heterocycles. The second-order valence-electron chi connectivity index (χ2n) is 7.48. The topological polar surface area (TPSA) is 141 Å². The van der Waals surface area contributed by atoms with Crippen molar-refractivity contribution in [3.8, 4) is 0 Å². The summed E-state index contributed by atoms with van der Waals surface area (Å²) in [5, 5.41) is 5.68. The van der Waals surface area contributed by atoms with E-state index in [9.17, 15) is 22.8 Å². The minimum Gasteiger partial charge on any atom is -0.352 e. The monoisotopic (exact) mass is 485 g/mol. The van der Waals surface area contributed by atoms with Crippen molar-refractivity contribution in [3.63, 3.8) is 0 Å². The highest BCUT2D eigenvalue weighted by molar-refractivity contribution is 7.89. The molecule has 0 spiro atoms.